The van der Waals surface area contributed by atoms with Crippen LogP contribution in [0.5, 0.6) is 5.75 Å². The van der Waals surface area contributed by atoms with Crippen LogP contribution in [0.25, 0.3) is 28.6 Å². The smallest absolute Gasteiger partial charge is 0.183 e. The third kappa shape index (κ3) is 4.78. The summed E-state index contributed by atoms with van der Waals surface area (Å²) in [5.41, 5.74) is 2.68. The first-order chi connectivity index (χ1) is 18.8. The second kappa shape index (κ2) is 9.70. The van der Waals surface area contributed by atoms with Crippen LogP contribution in [0.15, 0.2) is 72.1 Å². The van der Waals surface area contributed by atoms with Crippen molar-refractivity contribution in [2.45, 2.75) is 24.3 Å². The minimum Gasteiger partial charge on any atom is -0.491 e. The quantitative estimate of drug-likeness (QED) is 0.315. The van der Waals surface area contributed by atoms with Gasteiger partial charge in [0.25, 0.3) is 0 Å². The van der Waals surface area contributed by atoms with Gasteiger partial charge in [-0.1, -0.05) is 18.2 Å². The van der Waals surface area contributed by atoms with E-state index in [2.05, 4.69) is 15.1 Å². The van der Waals surface area contributed by atoms with Crippen molar-refractivity contribution in [2.24, 2.45) is 0 Å². The van der Waals surface area contributed by atoms with Gasteiger partial charge in [0.1, 0.15) is 41.7 Å². The second-order valence-corrected chi connectivity index (χ2v) is 11.1. The molecule has 3 aromatic heterocycles. The van der Waals surface area contributed by atoms with Crippen LogP contribution in [0.4, 0.5) is 8.78 Å². The molecule has 0 N–H and O–H groups in total. The lowest BCUT2D eigenvalue weighted by atomic mass is 10.1. The predicted octanol–water partition coefficient (Wildman–Crippen LogP) is 4.05. The Kier molecular flexibility index (Phi) is 6.18. The molecule has 2 aromatic carbocycles. The number of pyridine rings is 1. The standard InChI is InChI=1S/C27H22F2N6O3S/c1-39(36,37)25-5-3-2-4-17(25)6-8-19-13-24-20(14-30-19)26-33-22(15-34(26)10-11-38-24)27-31-16-32-35(27)23-9-7-18(28)12-21(23)29/h2-5,7,9,12-16H,6,8,10-11H2,1H3. The number of hydrogen-bond donors (Lipinski definition) is 0. The van der Waals surface area contributed by atoms with Gasteiger partial charge in [-0.05, 0) is 36.6 Å². The molecule has 0 bridgehead atoms. The molecule has 39 heavy (non-hydrogen) atoms. The van der Waals surface area contributed by atoms with Crippen LogP contribution in [-0.4, -0.2) is 50.6 Å². The lowest BCUT2D eigenvalue weighted by molar-refractivity contribution is 0.306. The molecule has 1 aliphatic heterocycles. The molecule has 12 heteroatoms. The first-order valence-corrected chi connectivity index (χ1v) is 14.0. The second-order valence-electron chi connectivity index (χ2n) is 9.13. The van der Waals surface area contributed by atoms with Crippen LogP contribution in [-0.2, 0) is 29.2 Å². The highest BCUT2D eigenvalue weighted by Crippen LogP contribution is 2.34. The lowest BCUT2D eigenvalue weighted by Crippen LogP contribution is -2.05. The highest BCUT2D eigenvalue weighted by Gasteiger charge is 2.23. The van der Waals surface area contributed by atoms with Gasteiger partial charge in [-0.25, -0.2) is 31.8 Å². The molecule has 0 unspecified atom stereocenters. The normalized spacial score (nSPS) is 12.9. The van der Waals surface area contributed by atoms with E-state index in [1.54, 1.807) is 24.5 Å². The molecule has 0 spiro atoms. The van der Waals surface area contributed by atoms with Crippen LogP contribution in [0.1, 0.15) is 11.3 Å². The molecule has 0 amide bonds. The van der Waals surface area contributed by atoms with Crippen molar-refractivity contribution in [1.82, 2.24) is 29.3 Å². The Morgan fingerprint density at radius 3 is 2.69 bits per heavy atom. The molecule has 1 aliphatic rings. The number of imidazole rings is 1. The summed E-state index contributed by atoms with van der Waals surface area (Å²) in [6.07, 6.45) is 6.99. The number of rotatable bonds is 6. The van der Waals surface area contributed by atoms with Gasteiger partial charge in [-0.15, -0.1) is 0 Å². The SMILES string of the molecule is CS(=O)(=O)c1ccccc1CCc1cc2c(cn1)-c1nc(-c3ncnn3-c3ccc(F)cc3F)cn1CCO2. The lowest BCUT2D eigenvalue weighted by Gasteiger charge is -2.10. The minimum atomic E-state index is -3.34. The van der Waals surface area contributed by atoms with Crippen LogP contribution >= 0.6 is 0 Å². The molecule has 0 aliphatic carbocycles. The van der Waals surface area contributed by atoms with Crippen molar-refractivity contribution in [2.75, 3.05) is 12.9 Å². The Bertz CT molecular complexity index is 1820. The number of hydrogen-bond acceptors (Lipinski definition) is 7. The molecule has 198 valence electrons. The largest absolute Gasteiger partial charge is 0.491 e. The van der Waals surface area contributed by atoms with Gasteiger partial charge in [0.05, 0.1) is 17.0 Å². The van der Waals surface area contributed by atoms with Crippen LogP contribution in [0.2, 0.25) is 0 Å². The van der Waals surface area contributed by atoms with Crippen LogP contribution in [0.3, 0.4) is 0 Å². The van der Waals surface area contributed by atoms with E-state index in [4.69, 9.17) is 9.72 Å². The number of fused-ring (bicyclic) bond motifs is 3. The fourth-order valence-electron chi connectivity index (χ4n) is 4.64. The van der Waals surface area contributed by atoms with Gasteiger partial charge in [-0.2, -0.15) is 5.10 Å². The van der Waals surface area contributed by atoms with E-state index in [0.717, 1.165) is 23.4 Å². The molecule has 4 heterocycles. The summed E-state index contributed by atoms with van der Waals surface area (Å²) in [6.45, 7) is 0.891. The molecular formula is C27H22F2N6O3S. The average Bonchev–Trinajstić information content (AvgIpc) is 3.51. The van der Waals surface area contributed by atoms with Crippen molar-refractivity contribution in [3.05, 3.63) is 90.1 Å². The Morgan fingerprint density at radius 1 is 1.03 bits per heavy atom. The monoisotopic (exact) mass is 548 g/mol. The van der Waals surface area contributed by atoms with E-state index >= 15 is 0 Å². The molecule has 5 aromatic rings. The Hall–Kier alpha value is -4.45. The third-order valence-electron chi connectivity index (χ3n) is 6.47. The maximum Gasteiger partial charge on any atom is 0.183 e. The number of aryl methyl sites for hydroxylation is 2. The number of sulfone groups is 1. The fraction of sp³-hybridized carbons (Fsp3) is 0.185. The van der Waals surface area contributed by atoms with Crippen molar-refractivity contribution in [3.8, 4) is 34.3 Å². The van der Waals surface area contributed by atoms with E-state index < -0.39 is 21.5 Å². The minimum absolute atomic E-state index is 0.0552. The summed E-state index contributed by atoms with van der Waals surface area (Å²) in [5.74, 6) is 0.0657. The topological polar surface area (TPSA) is 105 Å². The van der Waals surface area contributed by atoms with Gasteiger partial charge in [0, 0.05) is 36.5 Å². The Labute approximate surface area is 222 Å². The number of ether oxygens (including phenoxy) is 1. The number of nitrogens with zero attached hydrogens (tertiary/aromatic N) is 6. The molecule has 9 nitrogen and oxygen atoms in total. The van der Waals surface area contributed by atoms with Gasteiger partial charge >= 0.3 is 0 Å². The summed E-state index contributed by atoms with van der Waals surface area (Å²) >= 11 is 0. The van der Waals surface area contributed by atoms with E-state index in [-0.39, 0.29) is 5.69 Å². The van der Waals surface area contributed by atoms with Gasteiger partial charge < -0.3 is 9.30 Å². The summed E-state index contributed by atoms with van der Waals surface area (Å²) in [7, 11) is -3.34. The average molecular weight is 549 g/mol. The summed E-state index contributed by atoms with van der Waals surface area (Å²) < 4.78 is 61.4. The maximum atomic E-state index is 14.5. The van der Waals surface area contributed by atoms with E-state index in [0.29, 0.717) is 59.5 Å². The number of aromatic nitrogens is 6. The van der Waals surface area contributed by atoms with Crippen molar-refractivity contribution < 1.29 is 21.9 Å². The number of benzene rings is 2. The fourth-order valence-corrected chi connectivity index (χ4v) is 5.62. The zero-order chi connectivity index (χ0) is 27.1. The van der Waals surface area contributed by atoms with Crippen LogP contribution < -0.4 is 4.74 Å². The van der Waals surface area contributed by atoms with Crippen molar-refractivity contribution >= 4 is 9.84 Å². The first kappa shape index (κ1) is 24.9. The van der Waals surface area contributed by atoms with E-state index in [1.165, 1.54) is 23.3 Å². The van der Waals surface area contributed by atoms with Gasteiger partial charge in [0.2, 0.25) is 0 Å². The third-order valence-corrected chi connectivity index (χ3v) is 7.66. The van der Waals surface area contributed by atoms with Crippen LogP contribution in [0, 0.1) is 11.6 Å². The molecule has 0 fully saturated rings. The first-order valence-electron chi connectivity index (χ1n) is 12.1. The molecule has 0 atom stereocenters. The van der Waals surface area contributed by atoms with Crippen molar-refractivity contribution in [1.29, 1.82) is 0 Å². The van der Waals surface area contributed by atoms with Gasteiger partial charge in [0.15, 0.2) is 21.5 Å². The summed E-state index contributed by atoms with van der Waals surface area (Å²) in [4.78, 5) is 13.9. The zero-order valence-corrected chi connectivity index (χ0v) is 21.6. The highest BCUT2D eigenvalue weighted by atomic mass is 32.2. The summed E-state index contributed by atoms with van der Waals surface area (Å²) in [6, 6.07) is 12.0. The predicted molar refractivity (Wildman–Crippen MR) is 138 cm³/mol. The van der Waals surface area contributed by atoms with E-state index in [9.17, 15) is 17.2 Å². The molecule has 6 rings (SSSR count). The zero-order valence-electron chi connectivity index (χ0n) is 20.8. The van der Waals surface area contributed by atoms with E-state index in [1.807, 2.05) is 22.8 Å². The van der Waals surface area contributed by atoms with Crippen molar-refractivity contribution in [3.63, 3.8) is 0 Å². The Morgan fingerprint density at radius 2 is 1.87 bits per heavy atom. The Balaban J connectivity index is 1.30. The molecule has 0 saturated heterocycles. The molecule has 0 saturated carbocycles. The summed E-state index contributed by atoms with van der Waals surface area (Å²) in [5, 5.41) is 4.12. The molecule has 0 radical (unpaired) electrons. The number of halogens is 2. The highest BCUT2D eigenvalue weighted by molar-refractivity contribution is 7.90. The molecular weight excluding hydrogens is 526 g/mol. The van der Waals surface area contributed by atoms with Gasteiger partial charge in [-0.3, -0.25) is 4.98 Å². The maximum absolute atomic E-state index is 14.5.